The second-order valence-corrected chi connectivity index (χ2v) is 37.7. The first-order valence-electron chi connectivity index (χ1n) is 44.1. The molecule has 0 bridgehead atoms. The van der Waals surface area contributed by atoms with Crippen molar-refractivity contribution in [2.45, 2.75) is 112 Å². The summed E-state index contributed by atoms with van der Waals surface area (Å²) in [5.74, 6) is 1.72. The number of aromatic nitrogens is 9. The number of carbonyl (C=O) groups excluding carboxylic acids is 2. The molecule has 8 aromatic carbocycles. The number of fused-ring (bicyclic) bond motifs is 3. The van der Waals surface area contributed by atoms with Crippen molar-refractivity contribution in [1.82, 2.24) is 74.7 Å². The summed E-state index contributed by atoms with van der Waals surface area (Å²) in [6.45, 7) is 33.3. The number of rotatable bonds is 23. The van der Waals surface area contributed by atoms with E-state index in [9.17, 15) is 19.5 Å². The highest BCUT2D eigenvalue weighted by Gasteiger charge is 2.37. The van der Waals surface area contributed by atoms with Gasteiger partial charge < -0.3 is 50.5 Å². The topological polar surface area (TPSA) is 312 Å². The fraction of sp³-hybridized carbons (Fsp3) is 0.301. The van der Waals surface area contributed by atoms with Gasteiger partial charge >= 0.3 is 5.97 Å². The van der Waals surface area contributed by atoms with E-state index < -0.39 is 5.97 Å². The molecule has 0 atom stereocenters. The Morgan fingerprint density at radius 2 is 0.713 bits per heavy atom. The molecule has 9 heterocycles. The number of halogens is 6. The molecule has 0 radical (unpaired) electrons. The summed E-state index contributed by atoms with van der Waals surface area (Å²) >= 11 is 39.7. The van der Waals surface area contributed by atoms with Crippen LogP contribution in [0.3, 0.4) is 0 Å². The number of amides is 2. The lowest BCUT2D eigenvalue weighted by Crippen LogP contribution is -2.58. The van der Waals surface area contributed by atoms with Crippen LogP contribution in [0.1, 0.15) is 117 Å². The van der Waals surface area contributed by atoms with Gasteiger partial charge in [-0.3, -0.25) is 64.0 Å². The van der Waals surface area contributed by atoms with Gasteiger partial charge in [-0.25, -0.2) is 19.7 Å². The fourth-order valence-corrected chi connectivity index (χ4v) is 19.1. The Labute approximate surface area is 821 Å². The largest absolute Gasteiger partial charge is 0.495 e. The van der Waals surface area contributed by atoms with Gasteiger partial charge in [0.25, 0.3) is 11.8 Å². The predicted octanol–water partition coefficient (Wildman–Crippen LogP) is 20.8. The number of ether oxygens (including phenoxy) is 5. The highest BCUT2D eigenvalue weighted by molar-refractivity contribution is 6.43. The average molecular weight is 1950 g/mol. The van der Waals surface area contributed by atoms with E-state index in [-0.39, 0.29) is 39.5 Å². The molecule has 3 aliphatic rings. The number of anilines is 3. The summed E-state index contributed by atoms with van der Waals surface area (Å²) in [5, 5.41) is 20.6. The summed E-state index contributed by atoms with van der Waals surface area (Å²) < 4.78 is 27.0. The molecule has 6 N–H and O–H groups in total. The lowest BCUT2D eigenvalue weighted by Gasteiger charge is -2.47. The predicted molar refractivity (Wildman–Crippen MR) is 542 cm³/mol. The van der Waals surface area contributed by atoms with Gasteiger partial charge in [0.15, 0.2) is 0 Å². The van der Waals surface area contributed by atoms with Gasteiger partial charge in [-0.1, -0.05) is 166 Å². The van der Waals surface area contributed by atoms with E-state index in [4.69, 9.17) is 99.0 Å². The molecule has 706 valence electrons. The first kappa shape index (κ1) is 99.9. The van der Waals surface area contributed by atoms with Gasteiger partial charge in [0.1, 0.15) is 62.8 Å². The van der Waals surface area contributed by atoms with Gasteiger partial charge in [-0.05, 0) is 138 Å². The molecule has 3 saturated heterocycles. The molecule has 0 unspecified atom stereocenters. The molecule has 0 aliphatic carbocycles. The number of nitrogens with zero attached hydrogens (tertiary/aromatic N) is 14. The first-order chi connectivity index (χ1) is 65.2. The number of hydrogen-bond acceptors (Lipinski definition) is 24. The molecular weight excluding hydrogens is 1850 g/mol. The van der Waals surface area contributed by atoms with E-state index >= 15 is 0 Å². The Kier molecular flexibility index (Phi) is 32.3. The molecule has 33 heteroatoms. The zero-order valence-electron chi connectivity index (χ0n) is 78.2. The third kappa shape index (κ3) is 23.1. The van der Waals surface area contributed by atoms with Crippen molar-refractivity contribution in [2.24, 2.45) is 0 Å². The van der Waals surface area contributed by atoms with Crippen LogP contribution in [-0.2, 0) is 32.7 Å². The highest BCUT2D eigenvalue weighted by atomic mass is 35.5. The number of methoxy groups -OCH3 is 5. The van der Waals surface area contributed by atoms with Crippen molar-refractivity contribution in [3.63, 3.8) is 0 Å². The Balaban J connectivity index is 0.000000151. The minimum absolute atomic E-state index is 0.00540. The molecule has 14 aromatic rings. The van der Waals surface area contributed by atoms with Crippen molar-refractivity contribution in [1.29, 1.82) is 0 Å². The number of benzene rings is 8. The van der Waals surface area contributed by atoms with Crippen LogP contribution in [0.25, 0.3) is 66.5 Å². The molecular formula is C103H108Cl6N18O9. The van der Waals surface area contributed by atoms with Crippen LogP contribution in [0.4, 0.5) is 17.5 Å². The van der Waals surface area contributed by atoms with Gasteiger partial charge in [0.2, 0.25) is 0 Å². The molecule has 136 heavy (non-hydrogen) atoms. The minimum atomic E-state index is -1.08. The Morgan fingerprint density at radius 3 is 1.05 bits per heavy atom. The molecule has 0 saturated carbocycles. The van der Waals surface area contributed by atoms with E-state index in [1.54, 1.807) is 67.1 Å². The zero-order valence-corrected chi connectivity index (χ0v) is 82.7. The van der Waals surface area contributed by atoms with Crippen LogP contribution in [0, 0.1) is 20.8 Å². The van der Waals surface area contributed by atoms with E-state index in [2.05, 4.69) is 195 Å². The average Bonchev–Trinajstić information content (AvgIpc) is 0.749. The van der Waals surface area contributed by atoms with Crippen LogP contribution in [0.15, 0.2) is 195 Å². The second-order valence-electron chi connectivity index (χ2n) is 35.4. The molecule has 27 nitrogen and oxygen atoms in total. The summed E-state index contributed by atoms with van der Waals surface area (Å²) in [6, 6.07) is 44.2. The van der Waals surface area contributed by atoms with Crippen LogP contribution in [-0.4, -0.2) is 203 Å². The van der Waals surface area contributed by atoms with E-state index in [0.717, 1.165) is 108 Å². The lowest BCUT2D eigenvalue weighted by atomic mass is 9.97. The van der Waals surface area contributed by atoms with Gasteiger partial charge in [0, 0.05) is 210 Å². The quantitative estimate of drug-likeness (QED) is 0.0397. The number of nitrogens with two attached hydrogens (primary N) is 1. The molecule has 3 fully saturated rings. The number of piperazine rings is 3. The zero-order chi connectivity index (χ0) is 97.0. The third-order valence-corrected chi connectivity index (χ3v) is 26.9. The van der Waals surface area contributed by atoms with Gasteiger partial charge in [-0.2, -0.15) is 0 Å². The van der Waals surface area contributed by atoms with Crippen molar-refractivity contribution >= 4 is 138 Å². The normalized spacial score (nSPS) is 14.9. The summed E-state index contributed by atoms with van der Waals surface area (Å²) in [5.41, 5.74) is 21.8. The van der Waals surface area contributed by atoms with Crippen LogP contribution < -0.4 is 45.4 Å². The second kappa shape index (κ2) is 44.0. The number of hydrogen-bond donors (Lipinski definition) is 5. The summed E-state index contributed by atoms with van der Waals surface area (Å²) in [6.07, 6.45) is 14.6. The number of carboxylic acids is 1. The number of pyridine rings is 3. The Morgan fingerprint density at radius 1 is 0.382 bits per heavy atom. The summed E-state index contributed by atoms with van der Waals surface area (Å²) in [4.78, 5) is 90.6. The number of nitrogens with one attached hydrogen (secondary N) is 3. The standard InChI is InChI=1S/C37H38Cl2N6O3.C29H30Cl2N6O3.C20H28N4.C17H12Cl2N2O3/c1-23-6-8-24(9-7-23)20-44-16-17-45(37(2,3)22-44)21-25-10-13-30(42-19-25)43-36(46)27-12-11-26(34-35(27)41-15-14-40-34)31-32(38)28(47-4)18-29(48-5)33(31)39;1-29(2)16-32-11-12-37(29)15-17-5-8-22(35-14-17)36-28(38)19-7-6-18(26-27(19)34-10-9-33-26)23-24(30)20(39-3)13-21(40-4)25(23)31;1-16-4-6-17(7-5-16)13-23-10-11-24(20(2,3)15-23)14-18-8-9-19(21)22-12-18;1-8-7-11(24-2)14(19)12(13(8)18)9-3-4-10(17(22)23)16-15(9)20-5-6-21-16/h6-15,18-19H,16-17,20-22H2,1-5H3,(H,42,43,46);5-10,13-14,32H,11-12,15-16H2,1-4H3,(H,35,36,38);4-9,12H,10-11,13-15H2,1-3H3,(H2,21,22);3-7H,1-2H3,(H,22,23). The van der Waals surface area contributed by atoms with E-state index in [1.807, 2.05) is 49.6 Å². The molecule has 0 spiro atoms. The summed E-state index contributed by atoms with van der Waals surface area (Å²) in [7, 11) is 7.57. The number of aromatic carboxylic acids is 1. The lowest BCUT2D eigenvalue weighted by molar-refractivity contribution is 0.0102. The molecule has 3 aliphatic heterocycles. The van der Waals surface area contributed by atoms with Crippen molar-refractivity contribution in [2.75, 3.05) is 111 Å². The number of nitrogen functional groups attached to an aromatic ring is 1. The number of carbonyl (C=O) groups is 3. The third-order valence-electron chi connectivity index (χ3n) is 24.6. The molecule has 6 aromatic heterocycles. The number of carboxylic acid groups (broad SMARTS) is 1. The molecule has 2 amide bonds. The highest BCUT2D eigenvalue weighted by Crippen LogP contribution is 2.51. The minimum Gasteiger partial charge on any atom is -0.495 e. The number of aryl methyl sites for hydroxylation is 3. The van der Waals surface area contributed by atoms with Crippen LogP contribution >= 0.6 is 69.6 Å². The van der Waals surface area contributed by atoms with E-state index in [0.29, 0.717) is 148 Å². The SMILES string of the molecule is COc1cc(C)c(Cl)c(-c2ccc(C(=O)O)c3nccnc23)c1Cl.COc1cc(OC)c(Cl)c(-c2ccc(C(=O)Nc3ccc(CN4CCN(Cc5ccc(C)cc5)CC4(C)C)cn3)c3nccnc23)c1Cl.COc1cc(OC)c(Cl)c(-c2ccc(C(=O)Nc3ccc(CN4CCNCC4(C)C)cn3)c3nccnc23)c1Cl.Cc1ccc(CN2CCN(Cc3ccc(N)nc3)C(C)(C)C2)cc1. The maximum Gasteiger partial charge on any atom is 0.337 e. The van der Waals surface area contributed by atoms with Crippen LogP contribution in [0.5, 0.6) is 28.7 Å². The fourth-order valence-electron chi connectivity index (χ4n) is 17.1. The van der Waals surface area contributed by atoms with Crippen LogP contribution in [0.2, 0.25) is 30.1 Å². The van der Waals surface area contributed by atoms with Crippen molar-refractivity contribution in [3.8, 4) is 62.1 Å². The van der Waals surface area contributed by atoms with Gasteiger partial charge in [0.05, 0.1) is 98.9 Å². The van der Waals surface area contributed by atoms with Gasteiger partial charge in [-0.15, -0.1) is 0 Å². The Hall–Kier alpha value is -12.1. The Bertz CT molecular complexity index is 6630. The maximum absolute atomic E-state index is 13.6. The maximum atomic E-state index is 13.6. The smallest absolute Gasteiger partial charge is 0.337 e. The monoisotopic (exact) mass is 1950 g/mol. The first-order valence-corrected chi connectivity index (χ1v) is 46.4. The van der Waals surface area contributed by atoms with E-state index in [1.165, 1.54) is 94.2 Å². The van der Waals surface area contributed by atoms with Crippen molar-refractivity contribution < 1.29 is 43.2 Å². The molecule has 17 rings (SSSR count). The van der Waals surface area contributed by atoms with Crippen molar-refractivity contribution in [3.05, 3.63) is 287 Å².